The number of benzene rings is 3. The molecule has 0 amide bonds. The summed E-state index contributed by atoms with van der Waals surface area (Å²) in [4.78, 5) is 19.1. The number of imidazole rings is 1. The molecule has 0 saturated carbocycles. The highest BCUT2D eigenvalue weighted by atomic mass is 19.1. The largest absolute Gasteiger partial charge is 0.491 e. The van der Waals surface area contributed by atoms with Gasteiger partial charge >= 0.3 is 0 Å². The summed E-state index contributed by atoms with van der Waals surface area (Å²) >= 11 is 0. The van der Waals surface area contributed by atoms with Gasteiger partial charge in [0, 0.05) is 29.8 Å². The molecule has 7 heteroatoms. The molecule has 1 aliphatic rings. The van der Waals surface area contributed by atoms with E-state index in [1.54, 1.807) is 12.4 Å². The van der Waals surface area contributed by atoms with Crippen molar-refractivity contribution in [2.24, 2.45) is 0 Å². The number of ether oxygens (including phenoxy) is 1. The lowest BCUT2D eigenvalue weighted by atomic mass is 10.0. The number of nitrogens with zero attached hydrogens (tertiary/aromatic N) is 4. The minimum absolute atomic E-state index is 0.217. The second-order valence-corrected chi connectivity index (χ2v) is 9.18. The molecule has 2 aromatic heterocycles. The van der Waals surface area contributed by atoms with Crippen LogP contribution in [-0.4, -0.2) is 33.1 Å². The first kappa shape index (κ1) is 22.2. The molecule has 0 bridgehead atoms. The van der Waals surface area contributed by atoms with Gasteiger partial charge in [0.1, 0.15) is 36.1 Å². The van der Waals surface area contributed by atoms with Crippen LogP contribution in [0.2, 0.25) is 0 Å². The van der Waals surface area contributed by atoms with Crippen molar-refractivity contribution in [1.82, 2.24) is 19.9 Å². The number of fused-ring (bicyclic) bond motifs is 2. The second-order valence-electron chi connectivity index (χ2n) is 9.18. The lowest BCUT2D eigenvalue weighted by Crippen LogP contribution is -2.28. The zero-order valence-corrected chi connectivity index (χ0v) is 20.3. The fraction of sp³-hybridized carbons (Fsp3) is 0.207. The third kappa shape index (κ3) is 4.17. The molecule has 6 rings (SSSR count). The molecule has 0 atom stereocenters. The molecule has 0 aliphatic carbocycles. The van der Waals surface area contributed by atoms with Crippen LogP contribution < -0.4 is 9.64 Å². The highest BCUT2D eigenvalue weighted by molar-refractivity contribution is 5.82. The van der Waals surface area contributed by atoms with E-state index in [2.05, 4.69) is 49.1 Å². The van der Waals surface area contributed by atoms with Crippen LogP contribution in [0.25, 0.3) is 22.2 Å². The smallest absolute Gasteiger partial charge is 0.136 e. The predicted molar refractivity (Wildman–Crippen MR) is 139 cm³/mol. The lowest BCUT2D eigenvalue weighted by molar-refractivity contribution is 0.331. The van der Waals surface area contributed by atoms with E-state index in [9.17, 15) is 4.39 Å². The average molecular weight is 480 g/mol. The van der Waals surface area contributed by atoms with Crippen molar-refractivity contribution >= 4 is 16.9 Å². The van der Waals surface area contributed by atoms with Crippen molar-refractivity contribution in [3.63, 3.8) is 0 Å². The summed E-state index contributed by atoms with van der Waals surface area (Å²) in [7, 11) is 0. The van der Waals surface area contributed by atoms with Crippen molar-refractivity contribution in [2.75, 3.05) is 18.1 Å². The quantitative estimate of drug-likeness (QED) is 0.355. The Morgan fingerprint density at radius 2 is 1.83 bits per heavy atom. The summed E-state index contributed by atoms with van der Waals surface area (Å²) in [6, 6.07) is 19.5. The summed E-state index contributed by atoms with van der Waals surface area (Å²) in [5, 5.41) is 0. The zero-order chi connectivity index (χ0) is 24.6. The number of rotatable bonds is 4. The summed E-state index contributed by atoms with van der Waals surface area (Å²) in [6.07, 6.45) is 2.02. The van der Waals surface area contributed by atoms with Gasteiger partial charge in [0.15, 0.2) is 0 Å². The van der Waals surface area contributed by atoms with Gasteiger partial charge in [-0.05, 0) is 60.9 Å². The molecular weight excluding hydrogens is 453 g/mol. The standard InChI is InChI=1S/C29H26FN5O/c1-18-24(14-22-5-3-4-6-25(22)30)29(32-17-31-18)35-11-12-36-28-10-8-20(13-23(28)16-35)21-7-9-26-27(15-21)34-19(2)33-26/h3-10,13,15,17H,11-12,14,16H2,1-2H3,(H,33,34). The summed E-state index contributed by atoms with van der Waals surface area (Å²) < 4.78 is 20.6. The molecule has 36 heavy (non-hydrogen) atoms. The van der Waals surface area contributed by atoms with Crippen LogP contribution in [0.4, 0.5) is 10.2 Å². The molecule has 3 aromatic carbocycles. The molecule has 3 heterocycles. The SMILES string of the molecule is Cc1nc2ccc(-c3ccc4c(c3)CN(c3ncnc(C)c3Cc3ccccc3F)CCO4)cc2[nH]1. The van der Waals surface area contributed by atoms with Gasteiger partial charge in [0.05, 0.1) is 17.6 Å². The van der Waals surface area contributed by atoms with Crippen LogP contribution in [0.5, 0.6) is 5.75 Å². The van der Waals surface area contributed by atoms with E-state index in [1.165, 1.54) is 6.07 Å². The van der Waals surface area contributed by atoms with E-state index in [0.29, 0.717) is 31.7 Å². The maximum atomic E-state index is 14.5. The normalized spacial score (nSPS) is 13.4. The first-order valence-electron chi connectivity index (χ1n) is 12.1. The van der Waals surface area contributed by atoms with Gasteiger partial charge in [0.2, 0.25) is 0 Å². The van der Waals surface area contributed by atoms with E-state index < -0.39 is 0 Å². The Morgan fingerprint density at radius 3 is 2.72 bits per heavy atom. The van der Waals surface area contributed by atoms with Crippen LogP contribution in [0.3, 0.4) is 0 Å². The van der Waals surface area contributed by atoms with Gasteiger partial charge in [-0.1, -0.05) is 30.3 Å². The van der Waals surface area contributed by atoms with Gasteiger partial charge in [-0.25, -0.2) is 19.3 Å². The molecule has 0 fully saturated rings. The van der Waals surface area contributed by atoms with Crippen LogP contribution in [-0.2, 0) is 13.0 Å². The van der Waals surface area contributed by atoms with E-state index in [0.717, 1.165) is 56.4 Å². The van der Waals surface area contributed by atoms with Gasteiger partial charge in [-0.3, -0.25) is 0 Å². The first-order chi connectivity index (χ1) is 17.5. The van der Waals surface area contributed by atoms with Crippen LogP contribution in [0, 0.1) is 19.7 Å². The van der Waals surface area contributed by atoms with Crippen LogP contribution >= 0.6 is 0 Å². The minimum atomic E-state index is -0.217. The molecule has 180 valence electrons. The van der Waals surface area contributed by atoms with Crippen molar-refractivity contribution in [1.29, 1.82) is 0 Å². The van der Waals surface area contributed by atoms with Gasteiger partial charge in [0.25, 0.3) is 0 Å². The molecule has 1 aliphatic heterocycles. The van der Waals surface area contributed by atoms with Crippen molar-refractivity contribution in [3.8, 4) is 16.9 Å². The Balaban J connectivity index is 1.35. The maximum absolute atomic E-state index is 14.5. The molecule has 0 unspecified atom stereocenters. The van der Waals surface area contributed by atoms with E-state index in [-0.39, 0.29) is 5.82 Å². The van der Waals surface area contributed by atoms with Crippen molar-refractivity contribution in [3.05, 3.63) is 101 Å². The van der Waals surface area contributed by atoms with E-state index >= 15 is 0 Å². The molecule has 1 N–H and O–H groups in total. The maximum Gasteiger partial charge on any atom is 0.136 e. The van der Waals surface area contributed by atoms with Crippen molar-refractivity contribution in [2.45, 2.75) is 26.8 Å². The second kappa shape index (κ2) is 9.07. The molecule has 0 saturated heterocycles. The first-order valence-corrected chi connectivity index (χ1v) is 12.1. The highest BCUT2D eigenvalue weighted by Crippen LogP contribution is 2.33. The summed E-state index contributed by atoms with van der Waals surface area (Å²) in [6.45, 7) is 5.76. The number of H-pyrrole nitrogens is 1. The summed E-state index contributed by atoms with van der Waals surface area (Å²) in [5.74, 6) is 2.38. The molecule has 0 spiro atoms. The topological polar surface area (TPSA) is 66.9 Å². The van der Waals surface area contributed by atoms with Crippen LogP contribution in [0.15, 0.2) is 67.0 Å². The summed E-state index contributed by atoms with van der Waals surface area (Å²) in [5.41, 5.74) is 7.71. The minimum Gasteiger partial charge on any atom is -0.491 e. The Labute approximate surface area is 208 Å². The number of aromatic nitrogens is 4. The Bertz CT molecular complexity index is 1580. The number of hydrogen-bond acceptors (Lipinski definition) is 5. The number of aryl methyl sites for hydroxylation is 2. The molecular formula is C29H26FN5O. The molecule has 6 nitrogen and oxygen atoms in total. The lowest BCUT2D eigenvalue weighted by Gasteiger charge is -2.24. The number of aromatic amines is 1. The highest BCUT2D eigenvalue weighted by Gasteiger charge is 2.22. The number of nitrogens with one attached hydrogen (secondary N) is 1. The predicted octanol–water partition coefficient (Wildman–Crippen LogP) is 5.77. The van der Waals surface area contributed by atoms with Gasteiger partial charge < -0.3 is 14.6 Å². The van der Waals surface area contributed by atoms with Gasteiger partial charge in [-0.15, -0.1) is 0 Å². The zero-order valence-electron chi connectivity index (χ0n) is 20.3. The van der Waals surface area contributed by atoms with Crippen LogP contribution in [0.1, 0.15) is 28.2 Å². The fourth-order valence-electron chi connectivity index (χ4n) is 4.87. The van der Waals surface area contributed by atoms with Gasteiger partial charge in [-0.2, -0.15) is 0 Å². The van der Waals surface area contributed by atoms with E-state index in [4.69, 9.17) is 4.74 Å². The Hall–Kier alpha value is -4.26. The Kier molecular flexibility index (Phi) is 5.60. The monoisotopic (exact) mass is 479 g/mol. The number of anilines is 1. The Morgan fingerprint density at radius 1 is 1.00 bits per heavy atom. The third-order valence-electron chi connectivity index (χ3n) is 6.74. The average Bonchev–Trinajstić information content (AvgIpc) is 3.12. The van der Waals surface area contributed by atoms with E-state index in [1.807, 2.05) is 38.1 Å². The van der Waals surface area contributed by atoms with Crippen molar-refractivity contribution < 1.29 is 9.13 Å². The number of hydrogen-bond donors (Lipinski definition) is 1. The third-order valence-corrected chi connectivity index (χ3v) is 6.74. The number of halogens is 1. The fourth-order valence-corrected chi connectivity index (χ4v) is 4.87. The molecule has 5 aromatic rings. The molecule has 0 radical (unpaired) electrons.